The third-order valence-corrected chi connectivity index (χ3v) is 6.04. The van der Waals surface area contributed by atoms with Crippen molar-refractivity contribution >= 4 is 23.4 Å². The Morgan fingerprint density at radius 3 is 2.55 bits per heavy atom. The normalized spacial score (nSPS) is 11.9. The number of nitrogens with zero attached hydrogens (tertiary/aromatic N) is 3. The minimum atomic E-state index is -0.252. The van der Waals surface area contributed by atoms with E-state index in [1.54, 1.807) is 0 Å². The maximum atomic E-state index is 12.5. The van der Waals surface area contributed by atoms with E-state index in [0.717, 1.165) is 34.8 Å². The first-order valence-corrected chi connectivity index (χ1v) is 11.6. The number of nitrogens with one attached hydrogen (secondary N) is 1. The molecule has 0 aliphatic rings. The van der Waals surface area contributed by atoms with E-state index in [1.807, 2.05) is 62.6 Å². The van der Waals surface area contributed by atoms with Crippen molar-refractivity contribution in [1.82, 2.24) is 14.8 Å². The van der Waals surface area contributed by atoms with Crippen molar-refractivity contribution in [3.8, 4) is 5.75 Å². The van der Waals surface area contributed by atoms with Crippen molar-refractivity contribution in [3.63, 3.8) is 0 Å². The van der Waals surface area contributed by atoms with Crippen LogP contribution in [0.4, 0.5) is 5.69 Å². The van der Waals surface area contributed by atoms with E-state index < -0.39 is 0 Å². The number of rotatable bonds is 9. The van der Waals surface area contributed by atoms with Crippen molar-refractivity contribution in [3.05, 3.63) is 65.0 Å². The molecule has 1 unspecified atom stereocenters. The van der Waals surface area contributed by atoms with E-state index in [9.17, 15) is 4.79 Å². The Kier molecular flexibility index (Phi) is 7.74. The number of aryl methyl sites for hydroxylation is 3. The molecule has 7 heteroatoms. The summed E-state index contributed by atoms with van der Waals surface area (Å²) in [5.74, 6) is 1.75. The minimum Gasteiger partial charge on any atom is -0.483 e. The van der Waals surface area contributed by atoms with Gasteiger partial charge in [0.1, 0.15) is 5.75 Å². The fourth-order valence-electron chi connectivity index (χ4n) is 3.25. The number of hydrogen-bond acceptors (Lipinski definition) is 5. The highest BCUT2D eigenvalue weighted by Crippen LogP contribution is 2.25. The summed E-state index contributed by atoms with van der Waals surface area (Å²) in [6, 6.07) is 14.1. The second kappa shape index (κ2) is 10.5. The number of carbonyl (C=O) groups excluding carboxylic acids is 1. The number of hydrogen-bond donors (Lipinski definition) is 1. The second-order valence-corrected chi connectivity index (χ2v) is 8.44. The van der Waals surface area contributed by atoms with Gasteiger partial charge in [0, 0.05) is 12.2 Å². The van der Waals surface area contributed by atoms with Gasteiger partial charge >= 0.3 is 0 Å². The Morgan fingerprint density at radius 1 is 1.13 bits per heavy atom. The average molecular weight is 439 g/mol. The molecule has 0 aliphatic heterocycles. The highest BCUT2D eigenvalue weighted by Gasteiger charge is 2.19. The van der Waals surface area contributed by atoms with Gasteiger partial charge in [-0.25, -0.2) is 0 Å². The van der Waals surface area contributed by atoms with Gasteiger partial charge in [0.05, 0.1) is 5.75 Å². The lowest BCUT2D eigenvalue weighted by atomic mass is 10.1. The molecule has 2 aromatic carbocycles. The Balaban J connectivity index is 1.63. The molecule has 164 valence electrons. The van der Waals surface area contributed by atoms with Gasteiger partial charge in [-0.2, -0.15) is 0 Å². The summed E-state index contributed by atoms with van der Waals surface area (Å²) in [7, 11) is 0. The van der Waals surface area contributed by atoms with Crippen molar-refractivity contribution < 1.29 is 9.53 Å². The van der Waals surface area contributed by atoms with Crippen LogP contribution in [0.5, 0.6) is 5.75 Å². The van der Waals surface area contributed by atoms with Gasteiger partial charge in [0.2, 0.25) is 5.91 Å². The zero-order valence-electron chi connectivity index (χ0n) is 18.8. The maximum Gasteiger partial charge on any atom is 0.234 e. The molecule has 1 atom stereocenters. The maximum absolute atomic E-state index is 12.5. The molecular formula is C24H30N4O2S. The molecule has 0 saturated carbocycles. The van der Waals surface area contributed by atoms with E-state index >= 15 is 0 Å². The van der Waals surface area contributed by atoms with E-state index in [1.165, 1.54) is 17.3 Å². The van der Waals surface area contributed by atoms with Crippen LogP contribution in [-0.2, 0) is 17.8 Å². The molecule has 1 heterocycles. The Hall–Kier alpha value is -2.80. The Bertz CT molecular complexity index is 1030. The lowest BCUT2D eigenvalue weighted by Gasteiger charge is -2.16. The number of amides is 1. The van der Waals surface area contributed by atoms with Gasteiger partial charge in [-0.3, -0.25) is 4.79 Å². The highest BCUT2D eigenvalue weighted by molar-refractivity contribution is 7.99. The van der Waals surface area contributed by atoms with Crippen LogP contribution in [0.3, 0.4) is 0 Å². The van der Waals surface area contributed by atoms with E-state index in [2.05, 4.69) is 34.6 Å². The first-order valence-electron chi connectivity index (χ1n) is 10.6. The van der Waals surface area contributed by atoms with Crippen LogP contribution in [0.15, 0.2) is 47.6 Å². The summed E-state index contributed by atoms with van der Waals surface area (Å²) in [5.41, 5.74) is 4.28. The molecule has 0 saturated heterocycles. The number of carbonyl (C=O) groups is 1. The molecule has 0 fully saturated rings. The molecule has 0 bridgehead atoms. The topological polar surface area (TPSA) is 69.0 Å². The highest BCUT2D eigenvalue weighted by atomic mass is 32.2. The van der Waals surface area contributed by atoms with Crippen LogP contribution in [0.25, 0.3) is 0 Å². The van der Waals surface area contributed by atoms with Crippen LogP contribution in [0, 0.1) is 13.8 Å². The summed E-state index contributed by atoms with van der Waals surface area (Å²) in [5, 5.41) is 12.3. The largest absolute Gasteiger partial charge is 0.483 e. The molecule has 0 radical (unpaired) electrons. The molecule has 31 heavy (non-hydrogen) atoms. The quantitative estimate of drug-likeness (QED) is 0.456. The first-order chi connectivity index (χ1) is 14.9. The third kappa shape index (κ3) is 5.88. The van der Waals surface area contributed by atoms with Crippen molar-refractivity contribution in [2.45, 2.75) is 58.8 Å². The summed E-state index contributed by atoms with van der Waals surface area (Å²) in [4.78, 5) is 12.5. The van der Waals surface area contributed by atoms with Gasteiger partial charge in [-0.1, -0.05) is 43.0 Å². The summed E-state index contributed by atoms with van der Waals surface area (Å²) < 4.78 is 8.07. The third-order valence-electron chi connectivity index (χ3n) is 5.07. The second-order valence-electron chi connectivity index (χ2n) is 7.50. The monoisotopic (exact) mass is 438 g/mol. The predicted octanol–water partition coefficient (Wildman–Crippen LogP) is 5.35. The SMILES string of the molecule is CCc1ccc(OC(C)c2nnc(SCC(=O)Nc3cc(C)ccc3C)n2CC)cc1. The Labute approximate surface area is 188 Å². The first kappa shape index (κ1) is 22.9. The van der Waals surface area contributed by atoms with E-state index in [-0.39, 0.29) is 17.8 Å². The molecular weight excluding hydrogens is 408 g/mol. The summed E-state index contributed by atoms with van der Waals surface area (Å²) >= 11 is 1.38. The van der Waals surface area contributed by atoms with Gasteiger partial charge < -0.3 is 14.6 Å². The molecule has 3 rings (SSSR count). The molecule has 0 aliphatic carbocycles. The number of anilines is 1. The van der Waals surface area contributed by atoms with Crippen LogP contribution in [-0.4, -0.2) is 26.4 Å². The van der Waals surface area contributed by atoms with Crippen LogP contribution < -0.4 is 10.1 Å². The molecule has 1 amide bonds. The van der Waals surface area contributed by atoms with E-state index in [0.29, 0.717) is 11.7 Å². The van der Waals surface area contributed by atoms with Gasteiger partial charge in [0.25, 0.3) is 0 Å². The number of aromatic nitrogens is 3. The van der Waals surface area contributed by atoms with Crippen molar-refractivity contribution in [2.24, 2.45) is 0 Å². The van der Waals surface area contributed by atoms with Crippen LogP contribution >= 0.6 is 11.8 Å². The van der Waals surface area contributed by atoms with Gasteiger partial charge in [-0.05, 0) is 69.0 Å². The summed E-state index contributed by atoms with van der Waals surface area (Å²) in [6.45, 7) is 10.8. The minimum absolute atomic E-state index is 0.0637. The van der Waals surface area contributed by atoms with Crippen LogP contribution in [0.2, 0.25) is 0 Å². The molecule has 0 spiro atoms. The lowest BCUT2D eigenvalue weighted by Crippen LogP contribution is -2.16. The van der Waals surface area contributed by atoms with Crippen molar-refractivity contribution in [1.29, 1.82) is 0 Å². The molecule has 1 N–H and O–H groups in total. The van der Waals surface area contributed by atoms with Crippen molar-refractivity contribution in [2.75, 3.05) is 11.1 Å². The molecule has 1 aromatic heterocycles. The predicted molar refractivity (Wildman–Crippen MR) is 126 cm³/mol. The standard InChI is InChI=1S/C24H30N4O2S/c1-6-19-10-12-20(13-11-19)30-18(5)23-26-27-24(28(23)7-2)31-15-22(29)25-21-14-16(3)8-9-17(21)4/h8-14,18H,6-7,15H2,1-5H3,(H,25,29). The zero-order valence-corrected chi connectivity index (χ0v) is 19.6. The Morgan fingerprint density at radius 2 is 1.87 bits per heavy atom. The number of thioether (sulfide) groups is 1. The molecule has 6 nitrogen and oxygen atoms in total. The fraction of sp³-hybridized carbons (Fsp3) is 0.375. The fourth-order valence-corrected chi connectivity index (χ4v) is 4.06. The van der Waals surface area contributed by atoms with Gasteiger partial charge in [0.15, 0.2) is 17.1 Å². The van der Waals surface area contributed by atoms with Gasteiger partial charge in [-0.15, -0.1) is 10.2 Å². The van der Waals surface area contributed by atoms with Crippen LogP contribution in [0.1, 0.15) is 49.4 Å². The number of ether oxygens (including phenoxy) is 1. The molecule has 3 aromatic rings. The summed E-state index contributed by atoms with van der Waals surface area (Å²) in [6.07, 6.45) is 0.746. The average Bonchev–Trinajstić information content (AvgIpc) is 3.18. The smallest absolute Gasteiger partial charge is 0.234 e. The number of benzene rings is 2. The zero-order chi connectivity index (χ0) is 22.4. The lowest BCUT2D eigenvalue weighted by molar-refractivity contribution is -0.113. The van der Waals surface area contributed by atoms with E-state index in [4.69, 9.17) is 4.74 Å².